The lowest BCUT2D eigenvalue weighted by Crippen LogP contribution is -2.08. The van der Waals surface area contributed by atoms with Crippen molar-refractivity contribution in [2.45, 2.75) is 6.92 Å². The van der Waals surface area contributed by atoms with E-state index >= 15 is 0 Å². The molecule has 0 aliphatic carbocycles. The van der Waals surface area contributed by atoms with Crippen LogP contribution < -0.4 is 0 Å². The van der Waals surface area contributed by atoms with Crippen molar-refractivity contribution < 1.29 is 23.5 Å². The van der Waals surface area contributed by atoms with E-state index in [4.69, 9.17) is 0 Å². The lowest BCUT2D eigenvalue weighted by Gasteiger charge is -2.16. The first-order valence-corrected chi connectivity index (χ1v) is 11.2. The number of aromatic hydroxyl groups is 1. The summed E-state index contributed by atoms with van der Waals surface area (Å²) < 4.78 is 26.4. The van der Waals surface area contributed by atoms with Crippen LogP contribution in [0.1, 0.15) is 37.4 Å². The van der Waals surface area contributed by atoms with E-state index in [1.54, 1.807) is 49.4 Å². The Hall–Kier alpha value is -4.64. The van der Waals surface area contributed by atoms with Gasteiger partial charge >= 0.3 is 0 Å². The van der Waals surface area contributed by atoms with Crippen LogP contribution in [-0.4, -0.2) is 16.7 Å². The number of carbonyl (C=O) groups excluding carboxylic acids is 2. The largest absolute Gasteiger partial charge is 0.507 e. The van der Waals surface area contributed by atoms with Crippen molar-refractivity contribution in [2.75, 3.05) is 0 Å². The molecule has 36 heavy (non-hydrogen) atoms. The van der Waals surface area contributed by atoms with Gasteiger partial charge < -0.3 is 5.11 Å². The van der Waals surface area contributed by atoms with Crippen molar-refractivity contribution in [1.29, 1.82) is 0 Å². The first kappa shape index (κ1) is 24.5. The number of ketones is 2. The van der Waals surface area contributed by atoms with E-state index in [1.807, 2.05) is 6.07 Å². The predicted octanol–water partition coefficient (Wildman–Crippen LogP) is 7.44. The van der Waals surface area contributed by atoms with E-state index < -0.39 is 11.6 Å². The molecule has 1 N–H and O–H groups in total. The molecule has 0 aliphatic heterocycles. The van der Waals surface area contributed by atoms with Crippen LogP contribution in [0, 0.1) is 18.6 Å². The molecule has 4 aromatic rings. The number of hydrogen-bond acceptors (Lipinski definition) is 3. The van der Waals surface area contributed by atoms with Crippen LogP contribution in [0.2, 0.25) is 0 Å². The van der Waals surface area contributed by atoms with Crippen LogP contribution in [0.3, 0.4) is 0 Å². The summed E-state index contributed by atoms with van der Waals surface area (Å²) in [4.78, 5) is 26.7. The molecule has 0 atom stereocenters. The van der Waals surface area contributed by atoms with Crippen molar-refractivity contribution in [3.63, 3.8) is 0 Å². The van der Waals surface area contributed by atoms with Crippen molar-refractivity contribution in [1.82, 2.24) is 0 Å². The lowest BCUT2D eigenvalue weighted by atomic mass is 9.86. The number of aryl methyl sites for hydroxylation is 1. The summed E-state index contributed by atoms with van der Waals surface area (Å²) >= 11 is 0. The number of carbonyl (C=O) groups is 2. The van der Waals surface area contributed by atoms with Crippen LogP contribution in [0.5, 0.6) is 5.75 Å². The van der Waals surface area contributed by atoms with Gasteiger partial charge in [0.05, 0.1) is 5.56 Å². The summed E-state index contributed by atoms with van der Waals surface area (Å²) in [6.07, 6.45) is 5.74. The van der Waals surface area contributed by atoms with E-state index in [-0.39, 0.29) is 28.5 Å². The molecule has 3 nitrogen and oxygen atoms in total. The Morgan fingerprint density at radius 1 is 0.694 bits per heavy atom. The van der Waals surface area contributed by atoms with E-state index in [1.165, 1.54) is 60.7 Å². The van der Waals surface area contributed by atoms with Gasteiger partial charge in [-0.3, -0.25) is 9.59 Å². The summed E-state index contributed by atoms with van der Waals surface area (Å²) in [5.41, 5.74) is 2.92. The molecule has 4 aromatic carbocycles. The first-order valence-electron chi connectivity index (χ1n) is 11.2. The van der Waals surface area contributed by atoms with Crippen LogP contribution in [0.4, 0.5) is 8.78 Å². The standard InChI is InChI=1S/C31H22F2O3/c1-20-19-28(36)31(27(35)18-12-22-9-15-25(33)16-10-22)30(23-5-3-2-4-6-23)29(20)26(34)17-11-21-7-13-24(32)14-8-21/h2-19,36H,1H3/b17-11+,18-12+. The normalized spacial score (nSPS) is 11.3. The maximum absolute atomic E-state index is 13.4. The average Bonchev–Trinajstić information content (AvgIpc) is 2.87. The highest BCUT2D eigenvalue weighted by molar-refractivity contribution is 6.19. The second-order valence-electron chi connectivity index (χ2n) is 8.20. The number of allylic oxidation sites excluding steroid dienone is 2. The van der Waals surface area contributed by atoms with Gasteiger partial charge in [-0.05, 0) is 71.7 Å². The smallest absolute Gasteiger partial charge is 0.190 e. The van der Waals surface area contributed by atoms with Gasteiger partial charge in [0.25, 0.3) is 0 Å². The van der Waals surface area contributed by atoms with E-state index in [0.717, 1.165) is 0 Å². The number of phenolic OH excluding ortho intramolecular Hbond substituents is 1. The predicted molar refractivity (Wildman–Crippen MR) is 138 cm³/mol. The zero-order chi connectivity index (χ0) is 25.7. The summed E-state index contributed by atoms with van der Waals surface area (Å²) in [6.45, 7) is 1.69. The second-order valence-corrected chi connectivity index (χ2v) is 8.20. The lowest BCUT2D eigenvalue weighted by molar-refractivity contribution is 0.104. The molecule has 0 bridgehead atoms. The summed E-state index contributed by atoms with van der Waals surface area (Å²) in [5.74, 6) is -1.90. The van der Waals surface area contributed by atoms with Crippen molar-refractivity contribution in [3.8, 4) is 16.9 Å². The Balaban J connectivity index is 1.82. The summed E-state index contributed by atoms with van der Waals surface area (Å²) in [5, 5.41) is 10.8. The van der Waals surface area contributed by atoms with Crippen molar-refractivity contribution in [3.05, 3.63) is 137 Å². The topological polar surface area (TPSA) is 54.4 Å². The molecule has 0 saturated carbocycles. The van der Waals surface area contributed by atoms with Crippen LogP contribution in [0.25, 0.3) is 23.3 Å². The molecule has 178 valence electrons. The number of phenols is 1. The van der Waals surface area contributed by atoms with E-state index in [2.05, 4.69) is 0 Å². The number of halogens is 2. The molecule has 0 amide bonds. The van der Waals surface area contributed by atoms with E-state index in [0.29, 0.717) is 27.8 Å². The second kappa shape index (κ2) is 10.7. The maximum Gasteiger partial charge on any atom is 0.190 e. The van der Waals surface area contributed by atoms with Crippen molar-refractivity contribution >= 4 is 23.7 Å². The van der Waals surface area contributed by atoms with Crippen LogP contribution in [0.15, 0.2) is 97.1 Å². The zero-order valence-corrected chi connectivity index (χ0v) is 19.4. The van der Waals surface area contributed by atoms with Crippen LogP contribution in [-0.2, 0) is 0 Å². The highest BCUT2D eigenvalue weighted by atomic mass is 19.1. The Morgan fingerprint density at radius 2 is 1.17 bits per heavy atom. The molecule has 0 heterocycles. The molecular formula is C31H22F2O3. The summed E-state index contributed by atoms with van der Waals surface area (Å²) in [6, 6.07) is 21.6. The van der Waals surface area contributed by atoms with Crippen LogP contribution >= 0.6 is 0 Å². The number of rotatable bonds is 7. The number of benzene rings is 4. The number of hydrogen-bond donors (Lipinski definition) is 1. The van der Waals surface area contributed by atoms with Gasteiger partial charge in [-0.1, -0.05) is 66.7 Å². The van der Waals surface area contributed by atoms with Gasteiger partial charge in [-0.2, -0.15) is 0 Å². The molecule has 0 unspecified atom stereocenters. The molecule has 0 radical (unpaired) electrons. The molecule has 5 heteroatoms. The van der Waals surface area contributed by atoms with Crippen molar-refractivity contribution in [2.24, 2.45) is 0 Å². The SMILES string of the molecule is Cc1cc(O)c(C(=O)/C=C/c2ccc(F)cc2)c(-c2ccccc2)c1C(=O)/C=C/c1ccc(F)cc1. The zero-order valence-electron chi connectivity index (χ0n) is 19.4. The molecule has 4 rings (SSSR count). The highest BCUT2D eigenvalue weighted by Gasteiger charge is 2.24. The Bertz CT molecular complexity index is 1380. The minimum absolute atomic E-state index is 0.0105. The molecule has 0 aliphatic rings. The Labute approximate surface area is 207 Å². The van der Waals surface area contributed by atoms with Gasteiger partial charge in [0.1, 0.15) is 17.4 Å². The monoisotopic (exact) mass is 480 g/mol. The fourth-order valence-electron chi connectivity index (χ4n) is 3.92. The Morgan fingerprint density at radius 3 is 1.67 bits per heavy atom. The highest BCUT2D eigenvalue weighted by Crippen LogP contribution is 2.37. The molecule has 0 fully saturated rings. The molecule has 0 spiro atoms. The third-order valence-corrected chi connectivity index (χ3v) is 5.65. The molecule has 0 saturated heterocycles. The fourth-order valence-corrected chi connectivity index (χ4v) is 3.92. The van der Waals surface area contributed by atoms with Gasteiger partial charge in [-0.15, -0.1) is 0 Å². The third-order valence-electron chi connectivity index (χ3n) is 5.65. The first-order chi connectivity index (χ1) is 17.3. The van der Waals surface area contributed by atoms with Gasteiger partial charge in [-0.25, -0.2) is 8.78 Å². The van der Waals surface area contributed by atoms with Gasteiger partial charge in [0.15, 0.2) is 11.6 Å². The van der Waals surface area contributed by atoms with E-state index in [9.17, 15) is 23.5 Å². The molecular weight excluding hydrogens is 458 g/mol. The molecule has 0 aromatic heterocycles. The minimum Gasteiger partial charge on any atom is -0.507 e. The quantitative estimate of drug-likeness (QED) is 0.221. The van der Waals surface area contributed by atoms with Gasteiger partial charge in [0, 0.05) is 11.1 Å². The summed E-state index contributed by atoms with van der Waals surface area (Å²) in [7, 11) is 0. The fraction of sp³-hybridized carbons (Fsp3) is 0.0323. The minimum atomic E-state index is -0.507. The maximum atomic E-state index is 13.4. The average molecular weight is 481 g/mol. The third kappa shape index (κ3) is 5.53. The Kier molecular flexibility index (Phi) is 7.31. The van der Waals surface area contributed by atoms with Gasteiger partial charge in [0.2, 0.25) is 0 Å².